The summed E-state index contributed by atoms with van der Waals surface area (Å²) < 4.78 is 49.0. The number of esters is 1. The van der Waals surface area contributed by atoms with Gasteiger partial charge in [0.1, 0.15) is 11.4 Å². The van der Waals surface area contributed by atoms with E-state index >= 15 is 0 Å². The summed E-state index contributed by atoms with van der Waals surface area (Å²) in [5.41, 5.74) is 1.63. The molecule has 12 heteroatoms. The predicted octanol–water partition coefficient (Wildman–Crippen LogP) is 6.13. The molecule has 2 heterocycles. The number of carbonyl (C=O) groups excluding carboxylic acids is 2. The van der Waals surface area contributed by atoms with Gasteiger partial charge >= 0.3 is 12.3 Å². The van der Waals surface area contributed by atoms with E-state index in [0.29, 0.717) is 32.4 Å². The minimum absolute atomic E-state index is 0.0174. The van der Waals surface area contributed by atoms with Gasteiger partial charge in [-0.25, -0.2) is 9.97 Å². The average molecular weight is 521 g/mol. The first-order valence-corrected chi connectivity index (χ1v) is 11.7. The molecule has 1 N–H and O–H groups in total. The van der Waals surface area contributed by atoms with E-state index in [2.05, 4.69) is 20.0 Å². The number of hydrogen-bond acceptors (Lipinski definition) is 8. The van der Waals surface area contributed by atoms with Crippen LogP contribution < -0.4 is 10.1 Å². The van der Waals surface area contributed by atoms with Gasteiger partial charge in [-0.15, -0.1) is 13.2 Å². The van der Waals surface area contributed by atoms with E-state index in [1.165, 1.54) is 18.2 Å². The summed E-state index contributed by atoms with van der Waals surface area (Å²) in [6.45, 7) is 5.30. The number of ether oxygens (including phenoxy) is 2. The SMILES string of the molecule is Cn1c(Nc2nc3ccc(OC(F)(F)F)cc3s2)nc2cc(C(=O)CCC(=O)OC(C)(C)C)ccc21. The van der Waals surface area contributed by atoms with Crippen LogP contribution in [0.4, 0.5) is 24.3 Å². The van der Waals surface area contributed by atoms with E-state index in [9.17, 15) is 22.8 Å². The lowest BCUT2D eigenvalue weighted by atomic mass is 10.1. The number of thiazole rings is 1. The van der Waals surface area contributed by atoms with Crippen LogP contribution in [0.3, 0.4) is 0 Å². The summed E-state index contributed by atoms with van der Waals surface area (Å²) in [5.74, 6) is -0.522. The molecule has 0 aliphatic heterocycles. The van der Waals surface area contributed by atoms with Crippen molar-refractivity contribution in [3.05, 3.63) is 42.0 Å². The molecule has 0 aliphatic rings. The number of imidazole rings is 1. The van der Waals surface area contributed by atoms with Crippen LogP contribution in [0.15, 0.2) is 36.4 Å². The highest BCUT2D eigenvalue weighted by molar-refractivity contribution is 7.22. The number of alkyl halides is 3. The molecule has 0 bridgehead atoms. The maximum absolute atomic E-state index is 12.6. The van der Waals surface area contributed by atoms with Crippen LogP contribution >= 0.6 is 11.3 Å². The maximum atomic E-state index is 12.6. The van der Waals surface area contributed by atoms with Crippen molar-refractivity contribution in [3.63, 3.8) is 0 Å². The Hall–Kier alpha value is -3.67. The van der Waals surface area contributed by atoms with Crippen molar-refractivity contribution in [3.8, 4) is 5.75 Å². The van der Waals surface area contributed by atoms with E-state index in [0.717, 1.165) is 16.9 Å². The first-order chi connectivity index (χ1) is 16.8. The van der Waals surface area contributed by atoms with Crippen molar-refractivity contribution < 1.29 is 32.2 Å². The molecule has 0 aliphatic carbocycles. The second-order valence-corrected chi connectivity index (χ2v) is 10.1. The van der Waals surface area contributed by atoms with Gasteiger partial charge in [-0.2, -0.15) is 0 Å². The predicted molar refractivity (Wildman–Crippen MR) is 130 cm³/mol. The van der Waals surface area contributed by atoms with Crippen molar-refractivity contribution in [1.29, 1.82) is 0 Å². The number of aromatic nitrogens is 3. The van der Waals surface area contributed by atoms with Gasteiger partial charge in [0.25, 0.3) is 0 Å². The van der Waals surface area contributed by atoms with Gasteiger partial charge in [-0.3, -0.25) is 9.59 Å². The number of benzene rings is 2. The van der Waals surface area contributed by atoms with Crippen molar-refractivity contribution in [1.82, 2.24) is 14.5 Å². The van der Waals surface area contributed by atoms with E-state index in [1.807, 2.05) is 0 Å². The molecular weight excluding hydrogens is 497 g/mol. The molecule has 8 nitrogen and oxygen atoms in total. The molecular formula is C24H23F3N4O4S. The minimum atomic E-state index is -4.78. The lowest BCUT2D eigenvalue weighted by Crippen LogP contribution is -2.24. The lowest BCUT2D eigenvalue weighted by molar-refractivity contribution is -0.274. The first kappa shape index (κ1) is 25.4. The number of halogens is 3. The topological polar surface area (TPSA) is 95.3 Å². The Balaban J connectivity index is 1.49. The molecule has 2 aromatic heterocycles. The quantitative estimate of drug-likeness (QED) is 0.231. The Morgan fingerprint density at radius 3 is 2.47 bits per heavy atom. The number of Topliss-reactive ketones (excluding diaryl/α,β-unsaturated/α-hetero) is 1. The largest absolute Gasteiger partial charge is 0.573 e. The number of nitrogens with zero attached hydrogens (tertiary/aromatic N) is 3. The van der Waals surface area contributed by atoms with Crippen LogP contribution in [-0.4, -0.2) is 38.3 Å². The second kappa shape index (κ2) is 9.41. The van der Waals surface area contributed by atoms with Gasteiger partial charge in [-0.1, -0.05) is 11.3 Å². The number of aryl methyl sites for hydroxylation is 1. The third-order valence-corrected chi connectivity index (χ3v) is 5.92. The summed E-state index contributed by atoms with van der Waals surface area (Å²) in [4.78, 5) is 33.4. The van der Waals surface area contributed by atoms with Gasteiger partial charge < -0.3 is 19.4 Å². The molecule has 0 atom stereocenters. The molecule has 0 fully saturated rings. The van der Waals surface area contributed by atoms with Gasteiger partial charge in [-0.05, 0) is 51.1 Å². The number of carbonyl (C=O) groups is 2. The molecule has 4 aromatic rings. The van der Waals surface area contributed by atoms with Crippen LogP contribution in [-0.2, 0) is 16.6 Å². The monoisotopic (exact) mass is 520 g/mol. The summed E-state index contributed by atoms with van der Waals surface area (Å²) in [5, 5.41) is 3.51. The first-order valence-electron chi connectivity index (χ1n) is 10.9. The fraction of sp³-hybridized carbons (Fsp3) is 0.333. The van der Waals surface area contributed by atoms with E-state index in [-0.39, 0.29) is 24.4 Å². The van der Waals surface area contributed by atoms with Crippen LogP contribution in [0, 0.1) is 0 Å². The zero-order valence-electron chi connectivity index (χ0n) is 19.9. The summed E-state index contributed by atoms with van der Waals surface area (Å²) in [7, 11) is 1.78. The number of nitrogens with one attached hydrogen (secondary N) is 1. The van der Waals surface area contributed by atoms with Crippen molar-refractivity contribution in [2.75, 3.05) is 5.32 Å². The average Bonchev–Trinajstić information content (AvgIpc) is 3.29. The van der Waals surface area contributed by atoms with Gasteiger partial charge in [0, 0.05) is 25.1 Å². The number of fused-ring (bicyclic) bond motifs is 2. The zero-order valence-corrected chi connectivity index (χ0v) is 20.7. The number of anilines is 2. The van der Waals surface area contributed by atoms with E-state index in [4.69, 9.17) is 4.74 Å². The van der Waals surface area contributed by atoms with Crippen LogP contribution in [0.5, 0.6) is 5.75 Å². The van der Waals surface area contributed by atoms with Gasteiger partial charge in [0.15, 0.2) is 10.9 Å². The third-order valence-electron chi connectivity index (χ3n) is 4.99. The molecule has 36 heavy (non-hydrogen) atoms. The highest BCUT2D eigenvalue weighted by Gasteiger charge is 2.31. The second-order valence-electron chi connectivity index (χ2n) is 9.03. The standard InChI is InChI=1S/C24H23F3N4O4S/c1-23(2,3)35-20(33)10-9-18(32)13-5-8-17-16(11-13)28-21(31(17)4)30-22-29-15-7-6-14(12-19(15)36-22)34-24(25,26)27/h5-8,11-12H,9-10H2,1-4H3,(H,28,29,30). The Labute approximate surface area is 208 Å². The summed E-state index contributed by atoms with van der Waals surface area (Å²) in [6, 6.07) is 9.00. The van der Waals surface area contributed by atoms with Crippen molar-refractivity contribution in [2.24, 2.45) is 7.05 Å². The van der Waals surface area contributed by atoms with Gasteiger partial charge in [0.05, 0.1) is 27.7 Å². The van der Waals surface area contributed by atoms with Crippen LogP contribution in [0.1, 0.15) is 44.0 Å². The molecule has 2 aromatic carbocycles. The zero-order chi connectivity index (χ0) is 26.3. The Morgan fingerprint density at radius 2 is 1.78 bits per heavy atom. The molecule has 0 spiro atoms. The van der Waals surface area contributed by atoms with Crippen LogP contribution in [0.25, 0.3) is 21.3 Å². The number of rotatable bonds is 7. The van der Waals surface area contributed by atoms with Crippen molar-refractivity contribution in [2.45, 2.75) is 45.6 Å². The number of ketones is 1. The fourth-order valence-corrected chi connectivity index (χ4v) is 4.38. The molecule has 0 amide bonds. The van der Waals surface area contributed by atoms with Gasteiger partial charge in [0.2, 0.25) is 5.95 Å². The minimum Gasteiger partial charge on any atom is -0.460 e. The third kappa shape index (κ3) is 6.11. The Kier molecular flexibility index (Phi) is 6.65. The molecule has 0 unspecified atom stereocenters. The molecule has 0 saturated heterocycles. The molecule has 190 valence electrons. The maximum Gasteiger partial charge on any atom is 0.573 e. The van der Waals surface area contributed by atoms with E-state index < -0.39 is 17.9 Å². The Morgan fingerprint density at radius 1 is 1.03 bits per heavy atom. The highest BCUT2D eigenvalue weighted by Crippen LogP contribution is 2.33. The fourth-order valence-electron chi connectivity index (χ4n) is 3.49. The Bertz CT molecular complexity index is 1450. The van der Waals surface area contributed by atoms with Crippen molar-refractivity contribution >= 4 is 55.4 Å². The number of hydrogen-bond donors (Lipinski definition) is 1. The van der Waals surface area contributed by atoms with E-state index in [1.54, 1.807) is 50.6 Å². The highest BCUT2D eigenvalue weighted by atomic mass is 32.1. The lowest BCUT2D eigenvalue weighted by Gasteiger charge is -2.19. The van der Waals surface area contributed by atoms with Crippen LogP contribution in [0.2, 0.25) is 0 Å². The summed E-state index contributed by atoms with van der Waals surface area (Å²) >= 11 is 1.15. The molecule has 0 saturated carbocycles. The smallest absolute Gasteiger partial charge is 0.460 e. The normalized spacial score (nSPS) is 12.2. The molecule has 0 radical (unpaired) electrons. The summed E-state index contributed by atoms with van der Waals surface area (Å²) in [6.07, 6.45) is -4.77. The molecule has 4 rings (SSSR count).